The Balaban J connectivity index is 2.03. The molecular weight excluding hydrogens is 234 g/mol. The second-order valence-electron chi connectivity index (χ2n) is 5.53. The lowest BCUT2D eigenvalue weighted by Crippen LogP contribution is -2.51. The Morgan fingerprint density at radius 3 is 2.42 bits per heavy atom. The minimum absolute atomic E-state index is 0.171. The van der Waals surface area contributed by atoms with Crippen molar-refractivity contribution in [3.05, 3.63) is 29.8 Å². The Labute approximate surface area is 117 Å². The van der Waals surface area contributed by atoms with Crippen LogP contribution in [0.4, 0.5) is 5.69 Å². The van der Waals surface area contributed by atoms with Crippen LogP contribution in [0.2, 0.25) is 0 Å². The van der Waals surface area contributed by atoms with Gasteiger partial charge in [0.05, 0.1) is 0 Å². The van der Waals surface area contributed by atoms with E-state index in [0.717, 1.165) is 32.6 Å². The quantitative estimate of drug-likeness (QED) is 0.904. The molecule has 1 fully saturated rings. The number of nitrogens with zero attached hydrogens (tertiary/aromatic N) is 2. The molecule has 1 aliphatic rings. The van der Waals surface area contributed by atoms with Gasteiger partial charge < -0.3 is 10.6 Å². The fraction of sp³-hybridized carbons (Fsp3) is 0.625. The summed E-state index contributed by atoms with van der Waals surface area (Å²) in [6.07, 6.45) is 0.992. The fourth-order valence-corrected chi connectivity index (χ4v) is 2.87. The molecule has 2 N–H and O–H groups in total. The van der Waals surface area contributed by atoms with Crippen molar-refractivity contribution in [2.24, 2.45) is 5.73 Å². The molecule has 1 saturated heterocycles. The fourth-order valence-electron chi connectivity index (χ4n) is 2.87. The predicted octanol–water partition coefficient (Wildman–Crippen LogP) is 2.63. The first kappa shape index (κ1) is 14.4. The molecule has 0 spiro atoms. The lowest BCUT2D eigenvalue weighted by Gasteiger charge is -2.40. The van der Waals surface area contributed by atoms with Gasteiger partial charge in [0, 0.05) is 37.4 Å². The Bertz CT molecular complexity index is 387. The van der Waals surface area contributed by atoms with E-state index >= 15 is 0 Å². The van der Waals surface area contributed by atoms with Crippen LogP contribution in [-0.2, 0) is 0 Å². The maximum Gasteiger partial charge on any atom is 0.0367 e. The number of piperazine rings is 1. The first-order valence-corrected chi connectivity index (χ1v) is 7.50. The second kappa shape index (κ2) is 6.40. The monoisotopic (exact) mass is 261 g/mol. The lowest BCUT2D eigenvalue weighted by molar-refractivity contribution is 0.199. The van der Waals surface area contributed by atoms with Crippen molar-refractivity contribution in [1.82, 2.24) is 4.90 Å². The average molecular weight is 261 g/mol. The zero-order chi connectivity index (χ0) is 13.8. The topological polar surface area (TPSA) is 32.5 Å². The number of anilines is 1. The maximum atomic E-state index is 6.06. The Hall–Kier alpha value is -1.06. The van der Waals surface area contributed by atoms with Gasteiger partial charge in [0.25, 0.3) is 0 Å². The van der Waals surface area contributed by atoms with Crippen LogP contribution in [0.1, 0.15) is 38.8 Å². The van der Waals surface area contributed by atoms with Crippen molar-refractivity contribution < 1.29 is 0 Å². The molecule has 106 valence electrons. The van der Waals surface area contributed by atoms with Crippen molar-refractivity contribution in [2.45, 2.75) is 39.3 Å². The summed E-state index contributed by atoms with van der Waals surface area (Å²) in [5.41, 5.74) is 8.63. The minimum atomic E-state index is 0.171. The van der Waals surface area contributed by atoms with Crippen LogP contribution in [-0.4, -0.2) is 37.1 Å². The molecule has 19 heavy (non-hydrogen) atoms. The van der Waals surface area contributed by atoms with E-state index in [1.807, 2.05) is 0 Å². The number of benzene rings is 1. The molecule has 2 rings (SSSR count). The van der Waals surface area contributed by atoms with E-state index < -0.39 is 0 Å². The van der Waals surface area contributed by atoms with E-state index in [9.17, 15) is 0 Å². The molecule has 3 heteroatoms. The van der Waals surface area contributed by atoms with E-state index in [2.05, 4.69) is 54.8 Å². The van der Waals surface area contributed by atoms with Gasteiger partial charge in [-0.05, 0) is 37.6 Å². The summed E-state index contributed by atoms with van der Waals surface area (Å²) in [5, 5.41) is 0. The van der Waals surface area contributed by atoms with E-state index in [-0.39, 0.29) is 6.04 Å². The molecule has 0 amide bonds. The van der Waals surface area contributed by atoms with Crippen LogP contribution in [0.3, 0.4) is 0 Å². The molecule has 0 bridgehead atoms. The van der Waals surface area contributed by atoms with Gasteiger partial charge in [-0.3, -0.25) is 4.90 Å². The molecule has 0 aliphatic carbocycles. The molecule has 0 radical (unpaired) electrons. The third-order valence-corrected chi connectivity index (χ3v) is 4.30. The molecule has 1 aliphatic heterocycles. The Morgan fingerprint density at radius 2 is 1.89 bits per heavy atom. The second-order valence-corrected chi connectivity index (χ2v) is 5.53. The highest BCUT2D eigenvalue weighted by Gasteiger charge is 2.22. The summed E-state index contributed by atoms with van der Waals surface area (Å²) in [6.45, 7) is 11.2. The number of rotatable bonds is 4. The van der Waals surface area contributed by atoms with Gasteiger partial charge in [0.2, 0.25) is 0 Å². The van der Waals surface area contributed by atoms with E-state index in [4.69, 9.17) is 5.73 Å². The third-order valence-electron chi connectivity index (χ3n) is 4.30. The SMILES string of the molecule is CCC(N)c1ccc(N2CCN(CC)C(C)C2)cc1. The van der Waals surface area contributed by atoms with Crippen molar-refractivity contribution >= 4 is 5.69 Å². The highest BCUT2D eigenvalue weighted by molar-refractivity contribution is 5.48. The van der Waals surface area contributed by atoms with Crippen LogP contribution in [0.15, 0.2) is 24.3 Å². The minimum Gasteiger partial charge on any atom is -0.369 e. The van der Waals surface area contributed by atoms with Gasteiger partial charge in [-0.1, -0.05) is 26.0 Å². The molecule has 1 aromatic rings. The van der Waals surface area contributed by atoms with E-state index in [1.54, 1.807) is 0 Å². The number of likely N-dealkylation sites (N-methyl/N-ethyl adjacent to an activating group) is 1. The van der Waals surface area contributed by atoms with Crippen molar-refractivity contribution in [2.75, 3.05) is 31.1 Å². The number of hydrogen-bond donors (Lipinski definition) is 1. The van der Waals surface area contributed by atoms with Gasteiger partial charge in [-0.2, -0.15) is 0 Å². The third kappa shape index (κ3) is 3.28. The maximum absolute atomic E-state index is 6.06. The largest absolute Gasteiger partial charge is 0.369 e. The summed E-state index contributed by atoms with van der Waals surface area (Å²) in [4.78, 5) is 5.02. The van der Waals surface area contributed by atoms with Crippen LogP contribution >= 0.6 is 0 Å². The Morgan fingerprint density at radius 1 is 1.21 bits per heavy atom. The average Bonchev–Trinajstić information content (AvgIpc) is 2.46. The Kier molecular flexibility index (Phi) is 4.83. The summed E-state index contributed by atoms with van der Waals surface area (Å²) in [6, 6.07) is 9.61. The highest BCUT2D eigenvalue weighted by Crippen LogP contribution is 2.22. The molecule has 1 heterocycles. The van der Waals surface area contributed by atoms with Crippen LogP contribution < -0.4 is 10.6 Å². The standard InChI is InChI=1S/C16H27N3/c1-4-16(17)14-6-8-15(9-7-14)19-11-10-18(5-2)13(3)12-19/h6-9,13,16H,4-5,10-12,17H2,1-3H3. The van der Waals surface area contributed by atoms with Crippen LogP contribution in [0, 0.1) is 0 Å². The van der Waals surface area contributed by atoms with Crippen LogP contribution in [0.5, 0.6) is 0 Å². The molecule has 1 aromatic carbocycles. The summed E-state index contributed by atoms with van der Waals surface area (Å²) < 4.78 is 0. The normalized spacial score (nSPS) is 22.5. The summed E-state index contributed by atoms with van der Waals surface area (Å²) >= 11 is 0. The zero-order valence-electron chi connectivity index (χ0n) is 12.5. The molecule has 0 aromatic heterocycles. The first-order chi connectivity index (χ1) is 9.15. The van der Waals surface area contributed by atoms with Crippen LogP contribution in [0.25, 0.3) is 0 Å². The number of nitrogens with two attached hydrogens (primary N) is 1. The van der Waals surface area contributed by atoms with Crippen molar-refractivity contribution in [3.63, 3.8) is 0 Å². The number of hydrogen-bond acceptors (Lipinski definition) is 3. The van der Waals surface area contributed by atoms with E-state index in [0.29, 0.717) is 6.04 Å². The molecular formula is C16H27N3. The zero-order valence-corrected chi connectivity index (χ0v) is 12.5. The highest BCUT2D eigenvalue weighted by atomic mass is 15.3. The van der Waals surface area contributed by atoms with Gasteiger partial charge in [-0.15, -0.1) is 0 Å². The van der Waals surface area contributed by atoms with Crippen molar-refractivity contribution in [3.8, 4) is 0 Å². The van der Waals surface area contributed by atoms with E-state index in [1.165, 1.54) is 11.3 Å². The van der Waals surface area contributed by atoms with Gasteiger partial charge in [0.1, 0.15) is 0 Å². The molecule has 2 atom stereocenters. The molecule has 0 saturated carbocycles. The lowest BCUT2D eigenvalue weighted by atomic mass is 10.0. The smallest absolute Gasteiger partial charge is 0.0367 e. The summed E-state index contributed by atoms with van der Waals surface area (Å²) in [5.74, 6) is 0. The summed E-state index contributed by atoms with van der Waals surface area (Å²) in [7, 11) is 0. The molecule has 3 nitrogen and oxygen atoms in total. The predicted molar refractivity (Wildman–Crippen MR) is 82.6 cm³/mol. The van der Waals surface area contributed by atoms with Gasteiger partial charge >= 0.3 is 0 Å². The van der Waals surface area contributed by atoms with Gasteiger partial charge in [0.15, 0.2) is 0 Å². The first-order valence-electron chi connectivity index (χ1n) is 7.50. The van der Waals surface area contributed by atoms with Crippen molar-refractivity contribution in [1.29, 1.82) is 0 Å². The molecule has 2 unspecified atom stereocenters. The van der Waals surface area contributed by atoms with Gasteiger partial charge in [-0.25, -0.2) is 0 Å².